The van der Waals surface area contributed by atoms with Crippen molar-refractivity contribution >= 4 is 34.6 Å². The molecular formula is C27H21N3O7. The third-order valence-corrected chi connectivity index (χ3v) is 5.26. The second kappa shape index (κ2) is 11.5. The molecule has 0 saturated carbocycles. The van der Waals surface area contributed by atoms with Gasteiger partial charge in [0.15, 0.2) is 12.4 Å². The first kappa shape index (κ1) is 24.9. The van der Waals surface area contributed by atoms with E-state index in [1.165, 1.54) is 31.5 Å². The van der Waals surface area contributed by atoms with Gasteiger partial charge in [0.2, 0.25) is 0 Å². The summed E-state index contributed by atoms with van der Waals surface area (Å²) in [4.78, 5) is 35.5. The minimum absolute atomic E-state index is 0.0339. The standard InChI is InChI=1S/C27H21N3O7/c1-35-20-13-10-19(11-14-20)27(32)37-24-15-12-18-6-2-3-7-21(18)22(24)16-28-29-26(31)17-36-25-9-5-4-8-23(25)30(33)34/h2-16H,17H2,1H3,(H,29,31)/b28-16-. The van der Waals surface area contributed by atoms with Crippen LogP contribution in [-0.4, -0.2) is 36.7 Å². The van der Waals surface area contributed by atoms with Gasteiger partial charge in [-0.3, -0.25) is 14.9 Å². The molecule has 0 radical (unpaired) electrons. The van der Waals surface area contributed by atoms with Crippen LogP contribution in [0, 0.1) is 10.1 Å². The normalized spacial score (nSPS) is 10.7. The number of carbonyl (C=O) groups is 2. The lowest BCUT2D eigenvalue weighted by Crippen LogP contribution is -2.24. The summed E-state index contributed by atoms with van der Waals surface area (Å²) in [6.07, 6.45) is 1.36. The van der Waals surface area contributed by atoms with E-state index in [0.29, 0.717) is 16.9 Å². The highest BCUT2D eigenvalue weighted by atomic mass is 16.6. The summed E-state index contributed by atoms with van der Waals surface area (Å²) >= 11 is 0. The van der Waals surface area contributed by atoms with Gasteiger partial charge in [0.25, 0.3) is 5.91 Å². The minimum atomic E-state index is -0.633. The Morgan fingerprint density at radius 3 is 2.43 bits per heavy atom. The number of nitrogens with one attached hydrogen (secondary N) is 1. The average molecular weight is 499 g/mol. The number of hydrogen-bond donors (Lipinski definition) is 1. The molecule has 0 aliphatic carbocycles. The van der Waals surface area contributed by atoms with Crippen molar-refractivity contribution in [3.8, 4) is 17.2 Å². The quantitative estimate of drug-likeness (QED) is 0.118. The van der Waals surface area contributed by atoms with Crippen molar-refractivity contribution in [1.29, 1.82) is 0 Å². The highest BCUT2D eigenvalue weighted by Gasteiger charge is 2.16. The molecule has 0 heterocycles. The molecule has 0 fully saturated rings. The molecule has 0 saturated heterocycles. The number of methoxy groups -OCH3 is 1. The molecule has 1 N–H and O–H groups in total. The van der Waals surface area contributed by atoms with Crippen LogP contribution in [0.25, 0.3) is 10.8 Å². The van der Waals surface area contributed by atoms with Gasteiger partial charge in [0.05, 0.1) is 23.8 Å². The van der Waals surface area contributed by atoms with E-state index in [9.17, 15) is 19.7 Å². The molecule has 1 amide bonds. The number of carbonyl (C=O) groups excluding carboxylic acids is 2. The lowest BCUT2D eigenvalue weighted by Gasteiger charge is -2.11. The number of fused-ring (bicyclic) bond motifs is 1. The summed E-state index contributed by atoms with van der Waals surface area (Å²) in [5.41, 5.74) is 2.87. The van der Waals surface area contributed by atoms with Gasteiger partial charge in [-0.25, -0.2) is 10.2 Å². The molecule has 0 aliphatic heterocycles. The number of para-hydroxylation sites is 2. The first-order valence-corrected chi connectivity index (χ1v) is 11.0. The van der Waals surface area contributed by atoms with E-state index >= 15 is 0 Å². The van der Waals surface area contributed by atoms with Crippen LogP contribution in [-0.2, 0) is 4.79 Å². The maximum Gasteiger partial charge on any atom is 0.343 e. The van der Waals surface area contributed by atoms with E-state index in [1.807, 2.05) is 30.3 Å². The topological polar surface area (TPSA) is 129 Å². The predicted molar refractivity (Wildman–Crippen MR) is 136 cm³/mol. The van der Waals surface area contributed by atoms with Crippen molar-refractivity contribution in [2.24, 2.45) is 5.10 Å². The molecular weight excluding hydrogens is 478 g/mol. The van der Waals surface area contributed by atoms with Crippen LogP contribution in [0.3, 0.4) is 0 Å². The maximum absolute atomic E-state index is 12.7. The third-order valence-electron chi connectivity index (χ3n) is 5.26. The smallest absolute Gasteiger partial charge is 0.343 e. The maximum atomic E-state index is 12.7. The molecule has 37 heavy (non-hydrogen) atoms. The van der Waals surface area contributed by atoms with Gasteiger partial charge in [-0.05, 0) is 47.2 Å². The van der Waals surface area contributed by atoms with Crippen LogP contribution in [0.4, 0.5) is 5.69 Å². The van der Waals surface area contributed by atoms with E-state index in [-0.39, 0.29) is 17.2 Å². The molecule has 0 spiro atoms. The van der Waals surface area contributed by atoms with Gasteiger partial charge >= 0.3 is 11.7 Å². The van der Waals surface area contributed by atoms with Gasteiger partial charge in [-0.15, -0.1) is 0 Å². The number of benzene rings is 4. The summed E-state index contributed by atoms with van der Waals surface area (Å²) in [6, 6.07) is 23.1. The Bertz CT molecular complexity index is 1480. The Labute approximate surface area is 211 Å². The third kappa shape index (κ3) is 6.06. The zero-order valence-electron chi connectivity index (χ0n) is 19.6. The number of hydrogen-bond acceptors (Lipinski definition) is 8. The van der Waals surface area contributed by atoms with E-state index < -0.39 is 23.4 Å². The second-order valence-corrected chi connectivity index (χ2v) is 7.62. The van der Waals surface area contributed by atoms with Crippen molar-refractivity contribution in [1.82, 2.24) is 5.43 Å². The molecule has 0 aromatic heterocycles. The zero-order valence-corrected chi connectivity index (χ0v) is 19.6. The number of nitro groups is 1. The van der Waals surface area contributed by atoms with Gasteiger partial charge in [0.1, 0.15) is 11.5 Å². The number of esters is 1. The second-order valence-electron chi connectivity index (χ2n) is 7.62. The molecule has 186 valence electrons. The number of nitro benzene ring substituents is 1. The van der Waals surface area contributed by atoms with Crippen LogP contribution in [0.5, 0.6) is 17.2 Å². The molecule has 0 atom stereocenters. The molecule has 0 bridgehead atoms. The Morgan fingerprint density at radius 2 is 1.68 bits per heavy atom. The van der Waals surface area contributed by atoms with Crippen LogP contribution in [0.1, 0.15) is 15.9 Å². The number of ether oxygens (including phenoxy) is 3. The lowest BCUT2D eigenvalue weighted by atomic mass is 10.0. The van der Waals surface area contributed by atoms with Gasteiger partial charge in [-0.1, -0.05) is 42.5 Å². The minimum Gasteiger partial charge on any atom is -0.497 e. The molecule has 0 unspecified atom stereocenters. The fourth-order valence-corrected chi connectivity index (χ4v) is 3.46. The number of amides is 1. The molecule has 10 heteroatoms. The Morgan fingerprint density at radius 1 is 0.946 bits per heavy atom. The fourth-order valence-electron chi connectivity index (χ4n) is 3.46. The summed E-state index contributed by atoms with van der Waals surface area (Å²) in [5.74, 6) is -0.389. The first-order valence-electron chi connectivity index (χ1n) is 11.0. The van der Waals surface area contributed by atoms with Gasteiger partial charge in [-0.2, -0.15) is 5.10 Å². The summed E-state index contributed by atoms with van der Waals surface area (Å²) < 4.78 is 16.0. The number of rotatable bonds is 9. The van der Waals surface area contributed by atoms with E-state index in [2.05, 4.69) is 10.5 Å². The average Bonchev–Trinajstić information content (AvgIpc) is 2.93. The van der Waals surface area contributed by atoms with Crippen LogP contribution in [0.15, 0.2) is 90.0 Å². The molecule has 0 aliphatic rings. The molecule has 4 aromatic carbocycles. The van der Waals surface area contributed by atoms with Crippen molar-refractivity contribution in [2.75, 3.05) is 13.7 Å². The van der Waals surface area contributed by atoms with Gasteiger partial charge in [0, 0.05) is 11.6 Å². The van der Waals surface area contributed by atoms with Crippen molar-refractivity contribution in [3.63, 3.8) is 0 Å². The van der Waals surface area contributed by atoms with Crippen molar-refractivity contribution in [3.05, 3.63) is 106 Å². The molecule has 4 aromatic rings. The lowest BCUT2D eigenvalue weighted by molar-refractivity contribution is -0.385. The SMILES string of the molecule is COc1ccc(C(=O)Oc2ccc3ccccc3c2/C=N\NC(=O)COc2ccccc2[N+](=O)[O-])cc1. The highest BCUT2D eigenvalue weighted by molar-refractivity contribution is 6.04. The van der Waals surface area contributed by atoms with Crippen molar-refractivity contribution < 1.29 is 28.7 Å². The highest BCUT2D eigenvalue weighted by Crippen LogP contribution is 2.28. The number of nitrogens with zero attached hydrogens (tertiary/aromatic N) is 2. The van der Waals surface area contributed by atoms with Crippen molar-refractivity contribution in [2.45, 2.75) is 0 Å². The number of hydrazone groups is 1. The Hall–Kier alpha value is -5.25. The van der Waals surface area contributed by atoms with E-state index in [4.69, 9.17) is 14.2 Å². The summed E-state index contributed by atoms with van der Waals surface area (Å²) in [5, 5.41) is 16.7. The predicted octanol–water partition coefficient (Wildman–Crippen LogP) is 4.50. The van der Waals surface area contributed by atoms with Crippen LogP contribution < -0.4 is 19.6 Å². The van der Waals surface area contributed by atoms with E-state index in [1.54, 1.807) is 36.4 Å². The molecule has 4 rings (SSSR count). The zero-order chi connectivity index (χ0) is 26.2. The molecule has 10 nitrogen and oxygen atoms in total. The summed E-state index contributed by atoms with van der Waals surface area (Å²) in [6.45, 7) is -0.489. The first-order chi connectivity index (χ1) is 18.0. The monoisotopic (exact) mass is 499 g/mol. The Balaban J connectivity index is 1.50. The van der Waals surface area contributed by atoms with Crippen LogP contribution >= 0.6 is 0 Å². The van der Waals surface area contributed by atoms with Crippen LogP contribution in [0.2, 0.25) is 0 Å². The van der Waals surface area contributed by atoms with Gasteiger partial charge < -0.3 is 14.2 Å². The summed E-state index contributed by atoms with van der Waals surface area (Å²) in [7, 11) is 1.53. The largest absolute Gasteiger partial charge is 0.497 e. The Kier molecular flexibility index (Phi) is 7.69. The van der Waals surface area contributed by atoms with E-state index in [0.717, 1.165) is 10.8 Å². The fraction of sp³-hybridized carbons (Fsp3) is 0.0741.